The summed E-state index contributed by atoms with van der Waals surface area (Å²) in [5, 5.41) is 0.449. The van der Waals surface area contributed by atoms with Gasteiger partial charge in [-0.1, -0.05) is 29.8 Å². The normalized spacial score (nSPS) is 16.7. The van der Waals surface area contributed by atoms with E-state index < -0.39 is 26.0 Å². The minimum atomic E-state index is -3.85. The van der Waals surface area contributed by atoms with Crippen molar-refractivity contribution in [3.05, 3.63) is 58.6 Å². The van der Waals surface area contributed by atoms with Crippen molar-refractivity contribution >= 4 is 43.2 Å². The second-order valence-electron chi connectivity index (χ2n) is 6.09. The molecule has 3 rings (SSSR count). The topological polar surface area (TPSA) is 101 Å². The number of benzene rings is 2. The number of hydrogen-bond donors (Lipinski definition) is 1. The molecular weight excluding hydrogens is 412 g/mol. The summed E-state index contributed by atoms with van der Waals surface area (Å²) in [6.07, 6.45) is -0.0825. The monoisotopic (exact) mass is 428 g/mol. The van der Waals surface area contributed by atoms with Crippen molar-refractivity contribution in [2.45, 2.75) is 24.8 Å². The maximum Gasteiger partial charge on any atom is 0.242 e. The van der Waals surface area contributed by atoms with Gasteiger partial charge in [-0.15, -0.1) is 0 Å². The molecule has 10 heteroatoms. The Bertz CT molecular complexity index is 1110. The minimum absolute atomic E-state index is 0.00217. The van der Waals surface area contributed by atoms with Gasteiger partial charge in [-0.3, -0.25) is 4.79 Å². The van der Waals surface area contributed by atoms with E-state index in [1.54, 1.807) is 31.2 Å². The number of sulfonamides is 2. The Hall–Kier alpha value is -1.94. The number of halogens is 1. The van der Waals surface area contributed by atoms with Gasteiger partial charge < -0.3 is 0 Å². The maximum absolute atomic E-state index is 12.6. The molecule has 0 atom stereocenters. The van der Waals surface area contributed by atoms with Crippen molar-refractivity contribution in [3.63, 3.8) is 0 Å². The third-order valence-electron chi connectivity index (χ3n) is 4.17. The molecule has 1 N–H and O–H groups in total. The number of anilines is 1. The molecule has 0 unspecified atom stereocenters. The molecule has 0 spiro atoms. The Balaban J connectivity index is 1.87. The summed E-state index contributed by atoms with van der Waals surface area (Å²) in [5.41, 5.74) is 1.10. The molecule has 144 valence electrons. The van der Waals surface area contributed by atoms with E-state index in [1.165, 1.54) is 18.2 Å². The van der Waals surface area contributed by atoms with Crippen molar-refractivity contribution in [1.29, 1.82) is 0 Å². The van der Waals surface area contributed by atoms with E-state index >= 15 is 0 Å². The molecular formula is C17H17ClN2O5S2. The fourth-order valence-electron chi connectivity index (χ4n) is 2.82. The minimum Gasteiger partial charge on any atom is -0.273 e. The molecule has 1 amide bonds. The summed E-state index contributed by atoms with van der Waals surface area (Å²) in [6, 6.07) is 10.9. The number of nitrogens with zero attached hydrogens (tertiary/aromatic N) is 1. The second-order valence-corrected chi connectivity index (χ2v) is 10.2. The quantitative estimate of drug-likeness (QED) is 0.786. The van der Waals surface area contributed by atoms with Crippen LogP contribution in [0.5, 0.6) is 0 Å². The van der Waals surface area contributed by atoms with Gasteiger partial charge in [-0.25, -0.2) is 25.9 Å². The summed E-state index contributed by atoms with van der Waals surface area (Å²) < 4.78 is 52.5. The highest BCUT2D eigenvalue weighted by molar-refractivity contribution is 7.94. The molecule has 0 aromatic heterocycles. The molecule has 1 heterocycles. The molecule has 1 aliphatic rings. The standard InChI is InChI=1S/C17H17ClN2O5S2/c1-12-10-14(20-17(21)8-9-26(20,22)23)6-7-16(12)27(24,25)19-11-13-4-2-3-5-15(13)18/h2-7,10,19H,8-9,11H2,1H3. The molecule has 2 aromatic carbocycles. The van der Waals surface area contributed by atoms with Crippen LogP contribution in [-0.2, 0) is 31.4 Å². The number of aryl methyl sites for hydroxylation is 1. The second kappa shape index (κ2) is 7.23. The molecule has 1 saturated heterocycles. The number of carbonyl (C=O) groups is 1. The highest BCUT2D eigenvalue weighted by Crippen LogP contribution is 2.28. The van der Waals surface area contributed by atoms with Crippen LogP contribution >= 0.6 is 11.6 Å². The van der Waals surface area contributed by atoms with E-state index in [0.29, 0.717) is 16.1 Å². The predicted octanol–water partition coefficient (Wildman–Crippen LogP) is 2.19. The van der Waals surface area contributed by atoms with Crippen LogP contribution in [0.4, 0.5) is 5.69 Å². The van der Waals surface area contributed by atoms with Crippen LogP contribution in [0, 0.1) is 6.92 Å². The Morgan fingerprint density at radius 2 is 1.89 bits per heavy atom. The highest BCUT2D eigenvalue weighted by Gasteiger charge is 2.36. The van der Waals surface area contributed by atoms with Gasteiger partial charge in [0.2, 0.25) is 26.0 Å². The van der Waals surface area contributed by atoms with E-state index in [0.717, 1.165) is 4.31 Å². The van der Waals surface area contributed by atoms with Crippen molar-refractivity contribution in [3.8, 4) is 0 Å². The third kappa shape index (κ3) is 4.01. The van der Waals surface area contributed by atoms with E-state index in [1.807, 2.05) is 0 Å². The molecule has 1 fully saturated rings. The van der Waals surface area contributed by atoms with Crippen molar-refractivity contribution in [1.82, 2.24) is 4.72 Å². The molecule has 2 aromatic rings. The first-order valence-corrected chi connectivity index (χ1v) is 11.5. The number of hydrogen-bond acceptors (Lipinski definition) is 5. The molecule has 0 bridgehead atoms. The molecule has 0 aliphatic carbocycles. The Labute approximate surface area is 163 Å². The Morgan fingerprint density at radius 1 is 1.19 bits per heavy atom. The number of rotatable bonds is 5. The van der Waals surface area contributed by atoms with Gasteiger partial charge in [-0.2, -0.15) is 0 Å². The molecule has 0 saturated carbocycles. The number of amides is 1. The molecule has 7 nitrogen and oxygen atoms in total. The van der Waals surface area contributed by atoms with Crippen LogP contribution in [0.1, 0.15) is 17.5 Å². The van der Waals surface area contributed by atoms with Crippen LogP contribution < -0.4 is 9.03 Å². The van der Waals surface area contributed by atoms with Crippen molar-refractivity contribution < 1.29 is 21.6 Å². The largest absolute Gasteiger partial charge is 0.273 e. The van der Waals surface area contributed by atoms with E-state index in [9.17, 15) is 21.6 Å². The molecule has 0 radical (unpaired) electrons. The van der Waals surface area contributed by atoms with Gasteiger partial charge in [0.1, 0.15) is 0 Å². The van der Waals surface area contributed by atoms with Crippen molar-refractivity contribution in [2.75, 3.05) is 10.1 Å². The first kappa shape index (κ1) is 19.8. The first-order valence-electron chi connectivity index (χ1n) is 8.01. The van der Waals surface area contributed by atoms with E-state index in [4.69, 9.17) is 11.6 Å². The van der Waals surface area contributed by atoms with E-state index in [2.05, 4.69) is 4.72 Å². The average molecular weight is 429 g/mol. The fraction of sp³-hybridized carbons (Fsp3) is 0.235. The lowest BCUT2D eigenvalue weighted by atomic mass is 10.2. The zero-order chi connectivity index (χ0) is 19.8. The summed E-state index contributed by atoms with van der Waals surface area (Å²) in [6.45, 7) is 1.56. The first-order chi connectivity index (χ1) is 12.6. The zero-order valence-corrected chi connectivity index (χ0v) is 16.7. The highest BCUT2D eigenvalue weighted by atomic mass is 35.5. The lowest BCUT2D eigenvalue weighted by Gasteiger charge is -2.17. The summed E-state index contributed by atoms with van der Waals surface area (Å²) in [5.74, 6) is -0.772. The summed E-state index contributed by atoms with van der Waals surface area (Å²) in [7, 11) is -7.55. The summed E-state index contributed by atoms with van der Waals surface area (Å²) in [4.78, 5) is 11.9. The third-order valence-corrected chi connectivity index (χ3v) is 7.79. The van der Waals surface area contributed by atoms with Crippen LogP contribution in [-0.4, -0.2) is 28.5 Å². The Kier molecular flexibility index (Phi) is 5.31. The summed E-state index contributed by atoms with van der Waals surface area (Å²) >= 11 is 6.04. The maximum atomic E-state index is 12.6. The predicted molar refractivity (Wildman–Crippen MR) is 103 cm³/mol. The lowest BCUT2D eigenvalue weighted by Crippen LogP contribution is -2.29. The zero-order valence-electron chi connectivity index (χ0n) is 14.3. The molecule has 1 aliphatic heterocycles. The fourth-order valence-corrected chi connectivity index (χ4v) is 5.71. The molecule has 27 heavy (non-hydrogen) atoms. The van der Waals surface area contributed by atoms with E-state index in [-0.39, 0.29) is 29.3 Å². The van der Waals surface area contributed by atoms with Gasteiger partial charge >= 0.3 is 0 Å². The van der Waals surface area contributed by atoms with Crippen LogP contribution in [0.3, 0.4) is 0 Å². The average Bonchev–Trinajstić information content (AvgIpc) is 2.86. The lowest BCUT2D eigenvalue weighted by molar-refractivity contribution is -0.116. The van der Waals surface area contributed by atoms with Crippen LogP contribution in [0.25, 0.3) is 0 Å². The number of carbonyl (C=O) groups excluding carboxylic acids is 1. The smallest absolute Gasteiger partial charge is 0.242 e. The van der Waals surface area contributed by atoms with Gasteiger partial charge in [0.05, 0.1) is 16.3 Å². The van der Waals surface area contributed by atoms with Crippen LogP contribution in [0.15, 0.2) is 47.4 Å². The van der Waals surface area contributed by atoms with Gasteiger partial charge in [0, 0.05) is 18.0 Å². The van der Waals surface area contributed by atoms with Gasteiger partial charge in [-0.05, 0) is 42.3 Å². The van der Waals surface area contributed by atoms with Gasteiger partial charge in [0.15, 0.2) is 0 Å². The Morgan fingerprint density at radius 3 is 2.48 bits per heavy atom. The van der Waals surface area contributed by atoms with Gasteiger partial charge in [0.25, 0.3) is 0 Å². The van der Waals surface area contributed by atoms with Crippen molar-refractivity contribution in [2.24, 2.45) is 0 Å². The number of nitrogens with one attached hydrogen (secondary N) is 1. The van der Waals surface area contributed by atoms with Crippen LogP contribution in [0.2, 0.25) is 5.02 Å². The SMILES string of the molecule is Cc1cc(N2C(=O)CCS2(=O)=O)ccc1S(=O)(=O)NCc1ccccc1Cl.